The van der Waals surface area contributed by atoms with Crippen LogP contribution in [0, 0.1) is 5.82 Å². The number of nitrogens with zero attached hydrogens (tertiary/aromatic N) is 3. The summed E-state index contributed by atoms with van der Waals surface area (Å²) in [5, 5.41) is 2.43. The molecule has 3 aromatic rings. The molecule has 4 rings (SSSR count). The monoisotopic (exact) mass is 331 g/mol. The minimum absolute atomic E-state index is 0.0172. The second-order valence-electron chi connectivity index (χ2n) is 5.61. The number of nitrogens with one attached hydrogen (secondary N) is 1. The Morgan fingerprint density at radius 1 is 1.24 bits per heavy atom. The number of carbonyl (C=O) groups excluding carboxylic acids is 1. The molecule has 1 aliphatic rings. The number of imidazole rings is 1. The first-order valence-corrected chi connectivity index (χ1v) is 7.73. The van der Waals surface area contributed by atoms with Crippen molar-refractivity contribution in [1.82, 2.24) is 14.7 Å². The molecule has 0 spiro atoms. The fourth-order valence-corrected chi connectivity index (χ4v) is 2.82. The Morgan fingerprint density at radius 3 is 2.80 bits per heavy atom. The van der Waals surface area contributed by atoms with Gasteiger partial charge >= 0.3 is 7.41 Å². The lowest BCUT2D eigenvalue weighted by molar-refractivity contribution is 0.0959. The standard InChI is InChI=1S/C18H13BFN4O/c1-21-18(25)14-4-2-11(6-15(14)20)16-9-22-17-5-3-12(10-24(16)17)13-7-19-23-8-13/h2-10H,1H3,(H,21,25). The average Bonchev–Trinajstić information content (AvgIpc) is 3.30. The number of amides is 1. The van der Waals surface area contributed by atoms with E-state index in [1.807, 2.05) is 28.7 Å². The number of halogens is 1. The normalized spacial score (nSPS) is 13.0. The van der Waals surface area contributed by atoms with E-state index in [1.54, 1.807) is 25.9 Å². The van der Waals surface area contributed by atoms with Gasteiger partial charge in [-0.05, 0) is 35.4 Å². The molecule has 0 aliphatic carbocycles. The summed E-state index contributed by atoms with van der Waals surface area (Å²) in [7, 11) is 3.21. The summed E-state index contributed by atoms with van der Waals surface area (Å²) in [6.45, 7) is 0. The SMILES string of the molecule is CNC(=O)c1ccc(-c2cnc3ccc(C4=C[B]N=C4)cn23)cc1F. The van der Waals surface area contributed by atoms with E-state index in [0.717, 1.165) is 22.5 Å². The summed E-state index contributed by atoms with van der Waals surface area (Å²) >= 11 is 0. The molecule has 121 valence electrons. The molecule has 3 heterocycles. The van der Waals surface area contributed by atoms with Crippen molar-refractivity contribution in [3.05, 3.63) is 65.6 Å². The maximum Gasteiger partial charge on any atom is 0.304 e. The first kappa shape index (κ1) is 15.3. The van der Waals surface area contributed by atoms with E-state index in [1.165, 1.54) is 19.2 Å². The first-order chi connectivity index (χ1) is 12.2. The summed E-state index contributed by atoms with van der Waals surface area (Å²) in [5.41, 5.74) is 4.17. The van der Waals surface area contributed by atoms with Crippen LogP contribution in [0.15, 0.2) is 53.6 Å². The van der Waals surface area contributed by atoms with Crippen LogP contribution in [0.3, 0.4) is 0 Å². The number of aromatic nitrogens is 2. The van der Waals surface area contributed by atoms with Gasteiger partial charge in [0.15, 0.2) is 0 Å². The van der Waals surface area contributed by atoms with E-state index >= 15 is 0 Å². The van der Waals surface area contributed by atoms with E-state index in [4.69, 9.17) is 0 Å². The smallest absolute Gasteiger partial charge is 0.304 e. The molecule has 2 aromatic heterocycles. The molecule has 1 N–H and O–H groups in total. The second-order valence-corrected chi connectivity index (χ2v) is 5.61. The van der Waals surface area contributed by atoms with E-state index in [0.29, 0.717) is 5.56 Å². The Morgan fingerprint density at radius 2 is 2.08 bits per heavy atom. The molecule has 0 unspecified atom stereocenters. The van der Waals surface area contributed by atoms with Gasteiger partial charge in [-0.3, -0.25) is 9.20 Å². The van der Waals surface area contributed by atoms with E-state index in [9.17, 15) is 9.18 Å². The molecule has 0 fully saturated rings. The van der Waals surface area contributed by atoms with Gasteiger partial charge in [0.1, 0.15) is 11.5 Å². The average molecular weight is 331 g/mol. The summed E-state index contributed by atoms with van der Waals surface area (Å²) in [6.07, 6.45) is 5.42. The Kier molecular flexibility index (Phi) is 3.68. The highest BCUT2D eigenvalue weighted by Crippen LogP contribution is 2.25. The van der Waals surface area contributed by atoms with Gasteiger partial charge in [-0.1, -0.05) is 12.0 Å². The molecule has 1 radical (unpaired) electrons. The van der Waals surface area contributed by atoms with Crippen molar-refractivity contribution in [3.63, 3.8) is 0 Å². The highest BCUT2D eigenvalue weighted by Gasteiger charge is 2.14. The van der Waals surface area contributed by atoms with Crippen molar-refractivity contribution in [3.8, 4) is 11.3 Å². The molecule has 0 saturated heterocycles. The number of hydrogen-bond donors (Lipinski definition) is 1. The van der Waals surface area contributed by atoms with Crippen LogP contribution in [-0.2, 0) is 0 Å². The highest BCUT2D eigenvalue weighted by atomic mass is 19.1. The van der Waals surface area contributed by atoms with Crippen molar-refractivity contribution in [1.29, 1.82) is 0 Å². The number of allylic oxidation sites excluding steroid dienone is 1. The minimum atomic E-state index is -0.566. The van der Waals surface area contributed by atoms with Gasteiger partial charge < -0.3 is 10.2 Å². The lowest BCUT2D eigenvalue weighted by Crippen LogP contribution is -2.19. The molecular formula is C18H13BFN4O. The van der Waals surface area contributed by atoms with Crippen LogP contribution in [0.4, 0.5) is 4.39 Å². The maximum atomic E-state index is 14.3. The third-order valence-electron chi connectivity index (χ3n) is 4.13. The van der Waals surface area contributed by atoms with Crippen LogP contribution in [0.5, 0.6) is 0 Å². The van der Waals surface area contributed by atoms with Crippen molar-refractivity contribution in [2.24, 2.45) is 4.90 Å². The molecule has 0 bridgehead atoms. The topological polar surface area (TPSA) is 58.8 Å². The van der Waals surface area contributed by atoms with Gasteiger partial charge in [0.25, 0.3) is 5.91 Å². The largest absolute Gasteiger partial charge is 0.355 e. The van der Waals surface area contributed by atoms with E-state index in [-0.39, 0.29) is 5.56 Å². The van der Waals surface area contributed by atoms with Crippen LogP contribution in [-0.4, -0.2) is 36.0 Å². The number of pyridine rings is 1. The van der Waals surface area contributed by atoms with Gasteiger partial charge in [-0.2, -0.15) is 0 Å². The second kappa shape index (κ2) is 6.01. The Hall–Kier alpha value is -3.22. The van der Waals surface area contributed by atoms with Crippen LogP contribution in [0.25, 0.3) is 22.5 Å². The van der Waals surface area contributed by atoms with E-state index < -0.39 is 11.7 Å². The Bertz CT molecular complexity index is 1050. The van der Waals surface area contributed by atoms with Crippen LogP contribution >= 0.6 is 0 Å². The molecule has 1 aliphatic heterocycles. The van der Waals surface area contributed by atoms with Gasteiger partial charge in [0.05, 0.1) is 17.5 Å². The zero-order valence-electron chi connectivity index (χ0n) is 13.4. The third kappa shape index (κ3) is 2.63. The van der Waals surface area contributed by atoms with Crippen molar-refractivity contribution >= 4 is 30.8 Å². The molecule has 7 heteroatoms. The Labute approximate surface area is 144 Å². The number of rotatable bonds is 3. The predicted molar refractivity (Wildman–Crippen MR) is 96.2 cm³/mol. The summed E-state index contributed by atoms with van der Waals surface area (Å²) < 4.78 is 16.2. The molecule has 5 nitrogen and oxygen atoms in total. The van der Waals surface area contributed by atoms with Gasteiger partial charge in [0, 0.05) is 25.0 Å². The fraction of sp³-hybridized carbons (Fsp3) is 0.0556. The summed E-state index contributed by atoms with van der Waals surface area (Å²) in [6, 6.07) is 8.42. The highest BCUT2D eigenvalue weighted by molar-refractivity contribution is 6.50. The van der Waals surface area contributed by atoms with Crippen LogP contribution in [0.2, 0.25) is 0 Å². The van der Waals surface area contributed by atoms with Crippen LogP contribution in [0.1, 0.15) is 15.9 Å². The summed E-state index contributed by atoms with van der Waals surface area (Å²) in [4.78, 5) is 20.1. The lowest BCUT2D eigenvalue weighted by atomic mass is 9.95. The molecule has 1 amide bonds. The fourth-order valence-electron chi connectivity index (χ4n) is 2.82. The number of hydrogen-bond acceptors (Lipinski definition) is 3. The molecule has 0 saturated carbocycles. The Balaban J connectivity index is 1.81. The maximum absolute atomic E-state index is 14.3. The zero-order chi connectivity index (χ0) is 17.4. The number of carbonyl (C=O) groups is 1. The molecule has 1 aromatic carbocycles. The molecule has 25 heavy (non-hydrogen) atoms. The van der Waals surface area contributed by atoms with Crippen molar-refractivity contribution in [2.45, 2.75) is 0 Å². The molecular weight excluding hydrogens is 318 g/mol. The van der Waals surface area contributed by atoms with Crippen molar-refractivity contribution < 1.29 is 9.18 Å². The first-order valence-electron chi connectivity index (χ1n) is 7.73. The van der Waals surface area contributed by atoms with Gasteiger partial charge in [-0.25, -0.2) is 9.37 Å². The van der Waals surface area contributed by atoms with Crippen molar-refractivity contribution in [2.75, 3.05) is 7.05 Å². The van der Waals surface area contributed by atoms with Gasteiger partial charge in [-0.15, -0.1) is 0 Å². The quantitative estimate of drug-likeness (QED) is 0.750. The predicted octanol–water partition coefficient (Wildman–Crippen LogP) is 2.54. The lowest BCUT2D eigenvalue weighted by Gasteiger charge is -2.07. The number of benzene rings is 1. The third-order valence-corrected chi connectivity index (χ3v) is 4.13. The van der Waals surface area contributed by atoms with Crippen LogP contribution < -0.4 is 5.32 Å². The van der Waals surface area contributed by atoms with E-state index in [2.05, 4.69) is 15.2 Å². The molecule has 0 atom stereocenters. The summed E-state index contributed by atoms with van der Waals surface area (Å²) in [5.74, 6) is 0.909. The van der Waals surface area contributed by atoms with Gasteiger partial charge in [0.2, 0.25) is 0 Å². The number of fused-ring (bicyclic) bond motifs is 1. The zero-order valence-corrected chi connectivity index (χ0v) is 13.4. The minimum Gasteiger partial charge on any atom is -0.355 e.